The lowest BCUT2D eigenvalue weighted by molar-refractivity contribution is -0.156. The number of carbonyl (C=O) groups is 2. The summed E-state index contributed by atoms with van der Waals surface area (Å²) in [5.74, 6) is -1.12. The highest BCUT2D eigenvalue weighted by molar-refractivity contribution is 5.82. The van der Waals surface area contributed by atoms with Gasteiger partial charge in [-0.1, -0.05) is 0 Å². The predicted octanol–water partition coefficient (Wildman–Crippen LogP) is -1.74. The van der Waals surface area contributed by atoms with Gasteiger partial charge in [-0.2, -0.15) is 0 Å². The fourth-order valence-corrected chi connectivity index (χ4v) is 0.202. The fraction of sp³-hybridized carbons (Fsp3) is 0.500. The van der Waals surface area contributed by atoms with Gasteiger partial charge in [0, 0.05) is 13.8 Å². The van der Waals surface area contributed by atoms with Crippen LogP contribution in [0, 0.1) is 0 Å². The number of rotatable bonds is 0. The van der Waals surface area contributed by atoms with Crippen LogP contribution in [0.15, 0.2) is 0 Å². The average Bonchev–Trinajstić information content (AvgIpc) is 1.27. The normalized spacial score (nSPS) is 6.00. The van der Waals surface area contributed by atoms with Gasteiger partial charge in [0.25, 0.3) is 0 Å². The van der Waals surface area contributed by atoms with E-state index in [0.29, 0.717) is 0 Å². The molecule has 0 radical (unpaired) electrons. The van der Waals surface area contributed by atoms with E-state index < -0.39 is 11.9 Å². The van der Waals surface area contributed by atoms with E-state index in [1.54, 1.807) is 0 Å². The summed E-state index contributed by atoms with van der Waals surface area (Å²) in [5, 5.41) is 0. The van der Waals surface area contributed by atoms with E-state index in [4.69, 9.17) is 0 Å². The minimum Gasteiger partial charge on any atom is -0.394 e. The van der Waals surface area contributed by atoms with E-state index in [1.807, 2.05) is 0 Å². The molecule has 0 saturated heterocycles. The Kier molecular flexibility index (Phi) is 15.7. The van der Waals surface area contributed by atoms with Crippen LogP contribution in [-0.4, -0.2) is 58.0 Å². The Bertz CT molecular complexity index is 90.0. The minimum atomic E-state index is -0.562. The highest BCUT2D eigenvalue weighted by atomic mass is 24.3. The largest absolute Gasteiger partial charge is 0.394 e. The van der Waals surface area contributed by atoms with Crippen LogP contribution in [0.25, 0.3) is 0 Å². The monoisotopic (exact) mass is 154 g/mol. The van der Waals surface area contributed by atoms with Crippen LogP contribution in [0.3, 0.4) is 0 Å². The summed E-state index contributed by atoms with van der Waals surface area (Å²) in [5.41, 5.74) is 0. The van der Waals surface area contributed by atoms with Crippen molar-refractivity contribution in [3.05, 3.63) is 0 Å². The maximum Gasteiger partial charge on any atom is 0.316 e. The van der Waals surface area contributed by atoms with Crippen molar-refractivity contribution in [3.63, 3.8) is 0 Å². The van der Waals surface area contributed by atoms with Gasteiger partial charge >= 0.3 is 58.0 Å². The number of ether oxygens (including phenoxy) is 1. The third-order valence-corrected chi connectivity index (χ3v) is 0.287. The molecule has 3 nitrogen and oxygen atoms in total. The van der Waals surface area contributed by atoms with Crippen molar-refractivity contribution in [3.8, 4) is 0 Å². The number of esters is 2. The molecule has 0 aromatic heterocycles. The topological polar surface area (TPSA) is 43.4 Å². The molecule has 0 saturated carbocycles. The van der Waals surface area contributed by atoms with Crippen molar-refractivity contribution in [1.82, 2.24) is 0 Å². The molecule has 0 rings (SSSR count). The molecule has 0 heterocycles. The van der Waals surface area contributed by atoms with Crippen molar-refractivity contribution in [2.45, 2.75) is 13.8 Å². The first-order chi connectivity index (χ1) is 3.13. The molecule has 0 spiro atoms. The van der Waals surface area contributed by atoms with Crippen molar-refractivity contribution >= 4 is 58.0 Å². The average molecular weight is 155 g/mol. The van der Waals surface area contributed by atoms with Crippen molar-refractivity contribution in [2.75, 3.05) is 0 Å². The molecule has 0 aliphatic heterocycles. The molecule has 0 aromatic rings. The Morgan fingerprint density at radius 1 is 1.00 bits per heavy atom. The van der Waals surface area contributed by atoms with Gasteiger partial charge in [0.05, 0.1) is 0 Å². The SMILES string of the molecule is CC(=O)OC(C)=O.[MgH2].[MgH2]. The second-order valence-corrected chi connectivity index (χ2v) is 1.09. The van der Waals surface area contributed by atoms with Crippen LogP contribution in [0.1, 0.15) is 13.8 Å². The first kappa shape index (κ1) is 16.3. The number of carbonyl (C=O) groups excluding carboxylic acids is 2. The molecule has 48 valence electrons. The zero-order valence-electron chi connectivity index (χ0n) is 4.22. The molecule has 0 atom stereocenters. The van der Waals surface area contributed by atoms with Crippen molar-refractivity contribution in [2.24, 2.45) is 0 Å². The van der Waals surface area contributed by atoms with Crippen LogP contribution in [-0.2, 0) is 14.3 Å². The molecular formula is C4H10Mg2O3. The maximum absolute atomic E-state index is 9.81. The van der Waals surface area contributed by atoms with Gasteiger partial charge in [0.1, 0.15) is 0 Å². The molecule has 0 bridgehead atoms. The third-order valence-electron chi connectivity index (χ3n) is 0.287. The molecule has 0 aliphatic rings. The quantitative estimate of drug-likeness (QED) is 0.237. The van der Waals surface area contributed by atoms with E-state index in [2.05, 4.69) is 4.74 Å². The third kappa shape index (κ3) is 17.7. The smallest absolute Gasteiger partial charge is 0.316 e. The lowest BCUT2D eigenvalue weighted by atomic mass is 10.7. The zero-order chi connectivity index (χ0) is 5.86. The Morgan fingerprint density at radius 2 is 1.22 bits per heavy atom. The van der Waals surface area contributed by atoms with Gasteiger partial charge in [-0.3, -0.25) is 9.59 Å². The van der Waals surface area contributed by atoms with Gasteiger partial charge in [-0.25, -0.2) is 0 Å². The summed E-state index contributed by atoms with van der Waals surface area (Å²) >= 11 is 0. The number of hydrogen-bond donors (Lipinski definition) is 0. The lowest BCUT2D eigenvalue weighted by Gasteiger charge is -1.87. The highest BCUT2D eigenvalue weighted by Gasteiger charge is 1.93. The van der Waals surface area contributed by atoms with Crippen LogP contribution in [0.4, 0.5) is 0 Å². The Morgan fingerprint density at radius 3 is 1.22 bits per heavy atom. The molecular weight excluding hydrogens is 145 g/mol. The van der Waals surface area contributed by atoms with Gasteiger partial charge in [-0.05, 0) is 0 Å². The first-order valence-electron chi connectivity index (χ1n) is 1.82. The molecule has 0 aromatic carbocycles. The van der Waals surface area contributed by atoms with E-state index in [0.717, 1.165) is 0 Å². The second kappa shape index (κ2) is 8.67. The lowest BCUT2D eigenvalue weighted by Crippen LogP contribution is -2.03. The van der Waals surface area contributed by atoms with Crippen LogP contribution in [0.5, 0.6) is 0 Å². The summed E-state index contributed by atoms with van der Waals surface area (Å²) in [4.78, 5) is 19.6. The summed E-state index contributed by atoms with van der Waals surface area (Å²) < 4.78 is 3.97. The molecule has 0 aliphatic carbocycles. The van der Waals surface area contributed by atoms with Gasteiger partial charge in [0.2, 0.25) is 0 Å². The minimum absolute atomic E-state index is 0. The Hall–Kier alpha value is 0.672. The summed E-state index contributed by atoms with van der Waals surface area (Å²) in [6, 6.07) is 0. The van der Waals surface area contributed by atoms with Crippen molar-refractivity contribution in [1.29, 1.82) is 0 Å². The summed E-state index contributed by atoms with van der Waals surface area (Å²) in [7, 11) is 0. The standard InChI is InChI=1S/C4H6O3.2Mg.4H/c1-3(5)7-4(2)6;;;;;;/h1-2H3;;;;;;. The number of hydrogen-bond acceptors (Lipinski definition) is 3. The van der Waals surface area contributed by atoms with Crippen molar-refractivity contribution < 1.29 is 14.3 Å². The summed E-state index contributed by atoms with van der Waals surface area (Å²) in [6.45, 7) is 2.36. The molecule has 0 unspecified atom stereocenters. The van der Waals surface area contributed by atoms with Crippen LogP contribution < -0.4 is 0 Å². The van der Waals surface area contributed by atoms with E-state index in [1.165, 1.54) is 13.8 Å². The van der Waals surface area contributed by atoms with Gasteiger partial charge in [0.15, 0.2) is 0 Å². The summed E-state index contributed by atoms with van der Waals surface area (Å²) in [6.07, 6.45) is 0. The molecule has 0 fully saturated rings. The maximum atomic E-state index is 9.81. The molecule has 5 heteroatoms. The predicted molar refractivity (Wildman–Crippen MR) is 39.5 cm³/mol. The zero-order valence-corrected chi connectivity index (χ0v) is 4.22. The Balaban J connectivity index is -0.000000180. The highest BCUT2D eigenvalue weighted by Crippen LogP contribution is 1.73. The molecule has 9 heavy (non-hydrogen) atoms. The Labute approximate surface area is 85.8 Å². The fourth-order valence-electron chi connectivity index (χ4n) is 0.202. The van der Waals surface area contributed by atoms with Crippen LogP contribution in [0.2, 0.25) is 0 Å². The second-order valence-electron chi connectivity index (χ2n) is 1.09. The van der Waals surface area contributed by atoms with Crippen LogP contribution >= 0.6 is 0 Å². The molecule has 0 amide bonds. The van der Waals surface area contributed by atoms with Gasteiger partial charge < -0.3 is 4.74 Å². The van der Waals surface area contributed by atoms with E-state index in [9.17, 15) is 9.59 Å². The van der Waals surface area contributed by atoms with E-state index >= 15 is 0 Å². The van der Waals surface area contributed by atoms with E-state index in [-0.39, 0.29) is 46.1 Å². The van der Waals surface area contributed by atoms with Gasteiger partial charge in [-0.15, -0.1) is 0 Å². The first-order valence-corrected chi connectivity index (χ1v) is 1.82. The molecule has 0 N–H and O–H groups in total.